The van der Waals surface area contributed by atoms with Gasteiger partial charge in [-0.1, -0.05) is 19.4 Å². The van der Waals surface area contributed by atoms with Crippen LogP contribution in [0.2, 0.25) is 0 Å². The molecule has 0 aliphatic heterocycles. The standard InChI is InChI=1S/C15H22FNO/c1-11(7-8-17)13-5-6-15(14(16)9-13)18-10-12-3-2-4-12/h5-6,9,11-12H,2-4,7-8,10,17H2,1H3. The topological polar surface area (TPSA) is 35.2 Å². The van der Waals surface area contributed by atoms with Crippen molar-refractivity contribution in [1.29, 1.82) is 0 Å². The van der Waals surface area contributed by atoms with Crippen molar-refractivity contribution in [2.45, 2.75) is 38.5 Å². The molecule has 3 heteroatoms. The van der Waals surface area contributed by atoms with Crippen LogP contribution in [0.1, 0.15) is 44.1 Å². The van der Waals surface area contributed by atoms with Crippen molar-refractivity contribution in [2.75, 3.05) is 13.2 Å². The molecule has 0 bridgehead atoms. The van der Waals surface area contributed by atoms with E-state index in [2.05, 4.69) is 6.92 Å². The predicted octanol–water partition coefficient (Wildman–Crippen LogP) is 3.46. The summed E-state index contributed by atoms with van der Waals surface area (Å²) in [4.78, 5) is 0. The molecule has 2 rings (SSSR count). The highest BCUT2D eigenvalue weighted by Crippen LogP contribution is 2.29. The first-order chi connectivity index (χ1) is 8.70. The molecule has 1 aromatic rings. The summed E-state index contributed by atoms with van der Waals surface area (Å²) < 4.78 is 19.4. The highest BCUT2D eigenvalue weighted by atomic mass is 19.1. The molecule has 0 spiro atoms. The lowest BCUT2D eigenvalue weighted by Gasteiger charge is -2.25. The van der Waals surface area contributed by atoms with Gasteiger partial charge in [0, 0.05) is 0 Å². The second kappa shape index (κ2) is 6.19. The summed E-state index contributed by atoms with van der Waals surface area (Å²) in [6.45, 7) is 3.34. The van der Waals surface area contributed by atoms with Crippen LogP contribution in [0.3, 0.4) is 0 Å². The van der Waals surface area contributed by atoms with E-state index in [4.69, 9.17) is 10.5 Å². The number of hydrogen-bond donors (Lipinski definition) is 1. The molecular weight excluding hydrogens is 229 g/mol. The van der Waals surface area contributed by atoms with E-state index in [-0.39, 0.29) is 5.82 Å². The molecule has 100 valence electrons. The number of hydrogen-bond acceptors (Lipinski definition) is 2. The zero-order valence-corrected chi connectivity index (χ0v) is 11.0. The Morgan fingerprint density at radius 2 is 2.22 bits per heavy atom. The number of nitrogens with two attached hydrogens (primary N) is 1. The monoisotopic (exact) mass is 251 g/mol. The van der Waals surface area contributed by atoms with Crippen molar-refractivity contribution in [2.24, 2.45) is 11.7 Å². The quantitative estimate of drug-likeness (QED) is 0.840. The molecule has 1 unspecified atom stereocenters. The van der Waals surface area contributed by atoms with Crippen molar-refractivity contribution in [3.63, 3.8) is 0 Å². The molecule has 2 nitrogen and oxygen atoms in total. The van der Waals surface area contributed by atoms with E-state index in [0.717, 1.165) is 12.0 Å². The lowest BCUT2D eigenvalue weighted by atomic mass is 9.86. The first-order valence-corrected chi connectivity index (χ1v) is 6.83. The van der Waals surface area contributed by atoms with E-state index in [1.165, 1.54) is 19.3 Å². The Hall–Kier alpha value is -1.09. The Bertz CT molecular complexity index is 390. The van der Waals surface area contributed by atoms with Crippen molar-refractivity contribution in [3.8, 4) is 5.75 Å². The van der Waals surface area contributed by atoms with Crippen LogP contribution in [-0.4, -0.2) is 13.2 Å². The minimum atomic E-state index is -0.254. The summed E-state index contributed by atoms with van der Waals surface area (Å²) in [6.07, 6.45) is 4.59. The van der Waals surface area contributed by atoms with Gasteiger partial charge in [-0.3, -0.25) is 0 Å². The zero-order valence-electron chi connectivity index (χ0n) is 11.0. The van der Waals surface area contributed by atoms with Crippen LogP contribution < -0.4 is 10.5 Å². The Balaban J connectivity index is 1.95. The first-order valence-electron chi connectivity index (χ1n) is 6.83. The molecule has 0 aromatic heterocycles. The van der Waals surface area contributed by atoms with Gasteiger partial charge in [0.25, 0.3) is 0 Å². The zero-order chi connectivity index (χ0) is 13.0. The van der Waals surface area contributed by atoms with E-state index in [1.807, 2.05) is 6.07 Å². The molecule has 0 saturated heterocycles. The van der Waals surface area contributed by atoms with E-state index in [0.29, 0.717) is 30.7 Å². The molecule has 0 amide bonds. The number of rotatable bonds is 6. The molecular formula is C15H22FNO. The van der Waals surface area contributed by atoms with Crippen molar-refractivity contribution < 1.29 is 9.13 Å². The van der Waals surface area contributed by atoms with Crippen LogP contribution in [0.4, 0.5) is 4.39 Å². The fourth-order valence-electron chi connectivity index (χ4n) is 2.22. The van der Waals surface area contributed by atoms with Gasteiger partial charge in [0.15, 0.2) is 11.6 Å². The fraction of sp³-hybridized carbons (Fsp3) is 0.600. The maximum Gasteiger partial charge on any atom is 0.165 e. The van der Waals surface area contributed by atoms with E-state index in [1.54, 1.807) is 12.1 Å². The SMILES string of the molecule is CC(CCN)c1ccc(OCC2CCC2)c(F)c1. The van der Waals surface area contributed by atoms with Crippen molar-refractivity contribution >= 4 is 0 Å². The normalized spacial score (nSPS) is 17.3. The highest BCUT2D eigenvalue weighted by Gasteiger charge is 2.18. The third-order valence-electron chi connectivity index (χ3n) is 3.82. The van der Waals surface area contributed by atoms with Gasteiger partial charge in [-0.25, -0.2) is 4.39 Å². The number of halogens is 1. The lowest BCUT2D eigenvalue weighted by Crippen LogP contribution is -2.19. The third-order valence-corrected chi connectivity index (χ3v) is 3.82. The smallest absolute Gasteiger partial charge is 0.165 e. The molecule has 1 fully saturated rings. The van der Waals surface area contributed by atoms with Crippen LogP contribution in [0.5, 0.6) is 5.75 Å². The minimum absolute atomic E-state index is 0.254. The fourth-order valence-corrected chi connectivity index (χ4v) is 2.22. The molecule has 18 heavy (non-hydrogen) atoms. The highest BCUT2D eigenvalue weighted by molar-refractivity contribution is 5.31. The van der Waals surface area contributed by atoms with Gasteiger partial charge in [0.1, 0.15) is 0 Å². The Morgan fingerprint density at radius 1 is 1.44 bits per heavy atom. The van der Waals surface area contributed by atoms with Crippen LogP contribution >= 0.6 is 0 Å². The number of ether oxygens (including phenoxy) is 1. The molecule has 1 aliphatic carbocycles. The van der Waals surface area contributed by atoms with Crippen LogP contribution in [0, 0.1) is 11.7 Å². The Labute approximate surface area is 108 Å². The maximum atomic E-state index is 13.9. The third kappa shape index (κ3) is 3.22. The molecule has 1 aliphatic rings. The largest absolute Gasteiger partial charge is 0.490 e. The average molecular weight is 251 g/mol. The van der Waals surface area contributed by atoms with E-state index < -0.39 is 0 Å². The first kappa shape index (κ1) is 13.3. The summed E-state index contributed by atoms with van der Waals surface area (Å²) in [6, 6.07) is 5.27. The van der Waals surface area contributed by atoms with Crippen LogP contribution in [-0.2, 0) is 0 Å². The van der Waals surface area contributed by atoms with Gasteiger partial charge in [-0.15, -0.1) is 0 Å². The molecule has 0 heterocycles. The summed E-state index contributed by atoms with van der Waals surface area (Å²) >= 11 is 0. The minimum Gasteiger partial charge on any atom is -0.490 e. The van der Waals surface area contributed by atoms with Crippen LogP contribution in [0.25, 0.3) is 0 Å². The van der Waals surface area contributed by atoms with E-state index in [9.17, 15) is 4.39 Å². The molecule has 1 atom stereocenters. The summed E-state index contributed by atoms with van der Waals surface area (Å²) in [5, 5.41) is 0. The van der Waals surface area contributed by atoms with Crippen LogP contribution in [0.15, 0.2) is 18.2 Å². The second-order valence-electron chi connectivity index (χ2n) is 5.28. The van der Waals surface area contributed by atoms with Gasteiger partial charge >= 0.3 is 0 Å². The summed E-state index contributed by atoms with van der Waals surface area (Å²) in [7, 11) is 0. The summed E-state index contributed by atoms with van der Waals surface area (Å²) in [5.41, 5.74) is 6.51. The average Bonchev–Trinajstić information content (AvgIpc) is 2.29. The second-order valence-corrected chi connectivity index (χ2v) is 5.28. The van der Waals surface area contributed by atoms with Crippen molar-refractivity contribution in [1.82, 2.24) is 0 Å². The Morgan fingerprint density at radius 3 is 2.78 bits per heavy atom. The van der Waals surface area contributed by atoms with Crippen molar-refractivity contribution in [3.05, 3.63) is 29.6 Å². The van der Waals surface area contributed by atoms with Gasteiger partial charge < -0.3 is 10.5 Å². The van der Waals surface area contributed by atoms with E-state index >= 15 is 0 Å². The molecule has 0 radical (unpaired) electrons. The summed E-state index contributed by atoms with van der Waals surface area (Å²) in [5.74, 6) is 1.05. The van der Waals surface area contributed by atoms with Gasteiger partial charge in [0.05, 0.1) is 6.61 Å². The molecule has 1 saturated carbocycles. The number of benzene rings is 1. The molecule has 2 N–H and O–H groups in total. The van der Waals surface area contributed by atoms with Gasteiger partial charge in [0.2, 0.25) is 0 Å². The van der Waals surface area contributed by atoms with Gasteiger partial charge in [-0.2, -0.15) is 0 Å². The van der Waals surface area contributed by atoms with Gasteiger partial charge in [-0.05, 0) is 55.3 Å². The predicted molar refractivity (Wildman–Crippen MR) is 71.3 cm³/mol. The maximum absolute atomic E-state index is 13.9. The Kier molecular flexibility index (Phi) is 4.59. The molecule has 1 aromatic carbocycles. The lowest BCUT2D eigenvalue weighted by molar-refractivity contribution is 0.175.